The topological polar surface area (TPSA) is 58.6 Å². The molecule has 0 N–H and O–H groups in total. The molecule has 0 aliphatic rings. The second-order valence-corrected chi connectivity index (χ2v) is 14.3. The number of hydrogen-bond acceptors (Lipinski definition) is 4. The van der Waals surface area contributed by atoms with E-state index in [9.17, 15) is 9.46 Å². The molecule has 0 saturated carbocycles. The van der Waals surface area contributed by atoms with Crippen LogP contribution in [0.3, 0.4) is 0 Å². The van der Waals surface area contributed by atoms with E-state index in [4.69, 9.17) is 9.05 Å². The molecule has 0 aliphatic carbocycles. The van der Waals surface area contributed by atoms with Gasteiger partial charge in [0.05, 0.1) is 0 Å². The fourth-order valence-corrected chi connectivity index (χ4v) is 4.42. The number of rotatable bonds is 4. The van der Waals surface area contributed by atoms with Crippen LogP contribution >= 0.6 is 7.82 Å². The minimum absolute atomic E-state index is 0. The van der Waals surface area contributed by atoms with E-state index in [0.29, 0.717) is 11.5 Å². The summed E-state index contributed by atoms with van der Waals surface area (Å²) in [5.41, 5.74) is 3.16. The number of benzene rings is 2. The standard InChI is InChI=1S/C28H43O4P.Li/c1-25(2,3)19-13-15-23(21(17-19)27(7,8)9)31-33(29,30)32-24-16-14-20(26(4,5)6)18-22(24)28(10,11)12;/h13-18H,1-12H3,(H,29,30);/q;+1/p-1. The van der Waals surface area contributed by atoms with Gasteiger partial charge in [-0.15, -0.1) is 0 Å². The third-order valence-corrected chi connectivity index (χ3v) is 6.57. The van der Waals surface area contributed by atoms with Gasteiger partial charge < -0.3 is 13.9 Å². The van der Waals surface area contributed by atoms with Gasteiger partial charge in [-0.25, -0.2) is 4.57 Å². The van der Waals surface area contributed by atoms with Gasteiger partial charge >= 0.3 is 26.7 Å². The molecule has 0 bridgehead atoms. The van der Waals surface area contributed by atoms with E-state index in [1.54, 1.807) is 12.1 Å². The van der Waals surface area contributed by atoms with E-state index < -0.39 is 7.82 Å². The molecule has 2 aromatic carbocycles. The predicted octanol–water partition coefficient (Wildman–Crippen LogP) is 4.81. The first-order chi connectivity index (χ1) is 14.6. The minimum Gasteiger partial charge on any atom is -0.736 e. The molecule has 0 fully saturated rings. The molecule has 34 heavy (non-hydrogen) atoms. The van der Waals surface area contributed by atoms with Gasteiger partial charge in [-0.1, -0.05) is 107 Å². The van der Waals surface area contributed by atoms with Crippen LogP contribution in [0.25, 0.3) is 0 Å². The van der Waals surface area contributed by atoms with E-state index in [1.165, 1.54) is 0 Å². The molecule has 0 unspecified atom stereocenters. The summed E-state index contributed by atoms with van der Waals surface area (Å²) in [6.07, 6.45) is 0. The third-order valence-electron chi connectivity index (χ3n) is 5.73. The molecule has 6 heteroatoms. The summed E-state index contributed by atoms with van der Waals surface area (Å²) in [4.78, 5) is 13.1. The van der Waals surface area contributed by atoms with Crippen molar-refractivity contribution in [1.29, 1.82) is 0 Å². The van der Waals surface area contributed by atoms with Gasteiger partial charge in [0.25, 0.3) is 0 Å². The average Bonchev–Trinajstić information content (AvgIpc) is 2.57. The molecule has 2 rings (SSSR count). The van der Waals surface area contributed by atoms with Crippen LogP contribution in [0.5, 0.6) is 11.5 Å². The fraction of sp³-hybridized carbons (Fsp3) is 0.571. The first-order valence-corrected chi connectivity index (χ1v) is 13.1. The van der Waals surface area contributed by atoms with Crippen molar-refractivity contribution in [1.82, 2.24) is 0 Å². The van der Waals surface area contributed by atoms with Crippen molar-refractivity contribution < 1.29 is 37.4 Å². The summed E-state index contributed by atoms with van der Waals surface area (Å²) in [6, 6.07) is 11.4. The van der Waals surface area contributed by atoms with Crippen molar-refractivity contribution in [3.63, 3.8) is 0 Å². The predicted molar refractivity (Wildman–Crippen MR) is 137 cm³/mol. The Morgan fingerprint density at radius 2 is 0.882 bits per heavy atom. The first-order valence-electron chi connectivity index (χ1n) is 11.6. The maximum atomic E-state index is 13.1. The summed E-state index contributed by atoms with van der Waals surface area (Å²) in [7, 11) is -4.69. The molecule has 184 valence electrons. The molecule has 2 aromatic rings. The average molecular weight is 481 g/mol. The molecular weight excluding hydrogens is 438 g/mol. The second-order valence-electron chi connectivity index (χ2n) is 13.1. The zero-order valence-corrected chi connectivity index (χ0v) is 24.4. The van der Waals surface area contributed by atoms with Crippen LogP contribution in [0, 0.1) is 0 Å². The van der Waals surface area contributed by atoms with E-state index in [1.807, 2.05) is 65.8 Å². The third kappa shape index (κ3) is 7.93. The SMILES string of the molecule is CC(C)(C)c1ccc(OP(=O)([O-])Oc2ccc(C(C)(C)C)cc2C(C)(C)C)c(C(C)(C)C)c1.[Li+]. The Balaban J connectivity index is 0.00000578. The van der Waals surface area contributed by atoms with Crippen LogP contribution in [-0.4, -0.2) is 0 Å². The molecular formula is C28H42LiO4P. The van der Waals surface area contributed by atoms with Crippen molar-refractivity contribution in [2.24, 2.45) is 0 Å². The summed E-state index contributed by atoms with van der Waals surface area (Å²) >= 11 is 0. The minimum atomic E-state index is -4.69. The van der Waals surface area contributed by atoms with Crippen molar-refractivity contribution >= 4 is 7.82 Å². The van der Waals surface area contributed by atoms with E-state index >= 15 is 0 Å². The maximum Gasteiger partial charge on any atom is 1.00 e. The fourth-order valence-electron chi connectivity index (χ4n) is 3.58. The first kappa shape index (κ1) is 30.9. The molecule has 0 amide bonds. The van der Waals surface area contributed by atoms with Gasteiger partial charge in [-0.05, 0) is 44.9 Å². The van der Waals surface area contributed by atoms with E-state index in [-0.39, 0.29) is 40.5 Å². The van der Waals surface area contributed by atoms with Crippen LogP contribution in [-0.2, 0) is 26.2 Å². The summed E-state index contributed by atoms with van der Waals surface area (Å²) < 4.78 is 24.2. The summed E-state index contributed by atoms with van der Waals surface area (Å²) in [5.74, 6) is 0.606. The van der Waals surface area contributed by atoms with Gasteiger partial charge in [0.1, 0.15) is 11.5 Å². The summed E-state index contributed by atoms with van der Waals surface area (Å²) in [6.45, 7) is 25.0. The Kier molecular flexibility index (Phi) is 9.13. The Morgan fingerprint density at radius 1 is 0.588 bits per heavy atom. The zero-order valence-electron chi connectivity index (χ0n) is 23.5. The quantitative estimate of drug-likeness (QED) is 0.466. The van der Waals surface area contributed by atoms with E-state index in [2.05, 4.69) is 41.5 Å². The Hall–Kier alpha value is -1.17. The molecule has 4 nitrogen and oxygen atoms in total. The van der Waals surface area contributed by atoms with Crippen molar-refractivity contribution in [3.8, 4) is 11.5 Å². The van der Waals surface area contributed by atoms with Crippen LogP contribution in [0.15, 0.2) is 36.4 Å². The normalized spacial score (nSPS) is 13.3. The van der Waals surface area contributed by atoms with Crippen molar-refractivity contribution in [2.75, 3.05) is 0 Å². The molecule has 0 aromatic heterocycles. The van der Waals surface area contributed by atoms with Crippen LogP contribution in [0.1, 0.15) is 105 Å². The molecule has 0 saturated heterocycles. The summed E-state index contributed by atoms with van der Waals surface area (Å²) in [5, 5.41) is 0. The zero-order chi connectivity index (χ0) is 25.6. The van der Waals surface area contributed by atoms with Gasteiger partial charge in [0.2, 0.25) is 0 Å². The number of phosphoric acid groups is 1. The van der Waals surface area contributed by atoms with Gasteiger partial charge in [-0.2, -0.15) is 0 Å². The Bertz CT molecular complexity index is 967. The largest absolute Gasteiger partial charge is 1.00 e. The maximum absolute atomic E-state index is 13.1. The molecule has 0 atom stereocenters. The molecule has 0 radical (unpaired) electrons. The number of hydrogen-bond donors (Lipinski definition) is 0. The van der Waals surface area contributed by atoms with Crippen LogP contribution < -0.4 is 32.8 Å². The number of phosphoric ester groups is 1. The van der Waals surface area contributed by atoms with Crippen molar-refractivity contribution in [3.05, 3.63) is 58.7 Å². The Morgan fingerprint density at radius 3 is 1.12 bits per heavy atom. The Labute approximate surface area is 219 Å². The van der Waals surface area contributed by atoms with Crippen molar-refractivity contribution in [2.45, 2.75) is 105 Å². The van der Waals surface area contributed by atoms with Crippen LogP contribution in [0.2, 0.25) is 0 Å². The molecule has 0 heterocycles. The smallest absolute Gasteiger partial charge is 0.736 e. The van der Waals surface area contributed by atoms with Gasteiger partial charge in [-0.3, -0.25) is 0 Å². The van der Waals surface area contributed by atoms with Crippen LogP contribution in [0.4, 0.5) is 0 Å². The second kappa shape index (κ2) is 10.1. The molecule has 0 spiro atoms. The monoisotopic (exact) mass is 480 g/mol. The van der Waals surface area contributed by atoms with Gasteiger partial charge in [0, 0.05) is 11.1 Å². The molecule has 0 aliphatic heterocycles. The van der Waals surface area contributed by atoms with E-state index in [0.717, 1.165) is 22.3 Å². The van der Waals surface area contributed by atoms with Gasteiger partial charge in [0.15, 0.2) is 0 Å².